The van der Waals surface area contributed by atoms with Gasteiger partial charge in [0.05, 0.1) is 25.4 Å². The van der Waals surface area contributed by atoms with Crippen molar-refractivity contribution in [1.29, 1.82) is 0 Å². The molecule has 7 heteroatoms. The van der Waals surface area contributed by atoms with Crippen LogP contribution in [-0.2, 0) is 9.47 Å². The number of aliphatic imine (C=N–C) groups is 1. The van der Waals surface area contributed by atoms with Gasteiger partial charge in [-0.2, -0.15) is 0 Å². The summed E-state index contributed by atoms with van der Waals surface area (Å²) in [6, 6.07) is 9.92. The van der Waals surface area contributed by atoms with E-state index in [9.17, 15) is 0 Å². The van der Waals surface area contributed by atoms with Crippen LogP contribution in [0.1, 0.15) is 39.5 Å². The zero-order chi connectivity index (χ0) is 19.6. The van der Waals surface area contributed by atoms with Crippen LogP contribution in [0, 0.1) is 0 Å². The van der Waals surface area contributed by atoms with Gasteiger partial charge in [-0.1, -0.05) is 18.2 Å². The standard InChI is InChI=1S/C22H35N3O3.HI/c1-3-23-22(24-16-18(2)28-20-8-5-4-6-9-20)25-13-11-19(12-14-25)27-17-21-10-7-15-26-21;/h4-6,8-9,18-19,21H,3,7,10-17H2,1-2H3,(H,23,24);1H. The average Bonchev–Trinajstić information content (AvgIpc) is 3.24. The van der Waals surface area contributed by atoms with Crippen LogP contribution in [0.15, 0.2) is 35.3 Å². The lowest BCUT2D eigenvalue weighted by molar-refractivity contribution is -0.0367. The third-order valence-corrected chi connectivity index (χ3v) is 5.20. The fourth-order valence-corrected chi connectivity index (χ4v) is 3.66. The lowest BCUT2D eigenvalue weighted by atomic mass is 10.1. The van der Waals surface area contributed by atoms with E-state index in [-0.39, 0.29) is 30.1 Å². The van der Waals surface area contributed by atoms with Gasteiger partial charge < -0.3 is 24.4 Å². The fraction of sp³-hybridized carbons (Fsp3) is 0.682. The van der Waals surface area contributed by atoms with Gasteiger partial charge in [0, 0.05) is 26.2 Å². The zero-order valence-corrected chi connectivity index (χ0v) is 20.0. The lowest BCUT2D eigenvalue weighted by Crippen LogP contribution is -2.47. The van der Waals surface area contributed by atoms with E-state index >= 15 is 0 Å². The highest BCUT2D eigenvalue weighted by molar-refractivity contribution is 14.0. The largest absolute Gasteiger partial charge is 0.489 e. The Hall–Kier alpha value is -1.06. The number of benzene rings is 1. The number of piperidine rings is 1. The van der Waals surface area contributed by atoms with Crippen LogP contribution in [0.3, 0.4) is 0 Å². The molecule has 164 valence electrons. The smallest absolute Gasteiger partial charge is 0.194 e. The molecule has 3 rings (SSSR count). The third kappa shape index (κ3) is 8.30. The highest BCUT2D eigenvalue weighted by atomic mass is 127. The van der Waals surface area contributed by atoms with Crippen molar-refractivity contribution in [3.8, 4) is 5.75 Å². The minimum absolute atomic E-state index is 0. The van der Waals surface area contributed by atoms with Gasteiger partial charge in [0.2, 0.25) is 0 Å². The average molecular weight is 517 g/mol. The van der Waals surface area contributed by atoms with E-state index in [2.05, 4.69) is 24.1 Å². The molecule has 2 aliphatic heterocycles. The zero-order valence-electron chi connectivity index (χ0n) is 17.7. The Morgan fingerprint density at radius 3 is 2.66 bits per heavy atom. The van der Waals surface area contributed by atoms with Crippen LogP contribution in [0.5, 0.6) is 5.75 Å². The summed E-state index contributed by atoms with van der Waals surface area (Å²) in [5.74, 6) is 1.86. The molecule has 1 N–H and O–H groups in total. The molecule has 6 nitrogen and oxygen atoms in total. The summed E-state index contributed by atoms with van der Waals surface area (Å²) in [5, 5.41) is 3.42. The highest BCUT2D eigenvalue weighted by Crippen LogP contribution is 2.18. The Balaban J connectivity index is 0.00000300. The van der Waals surface area contributed by atoms with Gasteiger partial charge in [-0.15, -0.1) is 24.0 Å². The molecule has 0 bridgehead atoms. The molecule has 2 heterocycles. The first-order valence-corrected chi connectivity index (χ1v) is 10.7. The summed E-state index contributed by atoms with van der Waals surface area (Å²) in [6.45, 7) is 9.23. The normalized spacial score (nSPS) is 21.5. The van der Waals surface area contributed by atoms with E-state index in [0.29, 0.717) is 18.8 Å². The van der Waals surface area contributed by atoms with Gasteiger partial charge in [-0.3, -0.25) is 0 Å². The minimum atomic E-state index is 0. The van der Waals surface area contributed by atoms with Gasteiger partial charge in [0.15, 0.2) is 5.96 Å². The number of nitrogens with one attached hydrogen (secondary N) is 1. The van der Waals surface area contributed by atoms with Crippen molar-refractivity contribution in [2.45, 2.75) is 57.8 Å². The Labute approximate surface area is 192 Å². The Bertz CT molecular complexity index is 588. The molecule has 0 saturated carbocycles. The lowest BCUT2D eigenvalue weighted by Gasteiger charge is -2.34. The maximum absolute atomic E-state index is 6.09. The molecular formula is C22H36IN3O3. The number of hydrogen-bond donors (Lipinski definition) is 1. The van der Waals surface area contributed by atoms with Crippen LogP contribution in [-0.4, -0.2) is 68.6 Å². The van der Waals surface area contributed by atoms with Gasteiger partial charge >= 0.3 is 0 Å². The first-order chi connectivity index (χ1) is 13.7. The molecular weight excluding hydrogens is 481 g/mol. The summed E-state index contributed by atoms with van der Waals surface area (Å²) in [5.41, 5.74) is 0. The molecule has 2 saturated heterocycles. The molecule has 0 radical (unpaired) electrons. The predicted molar refractivity (Wildman–Crippen MR) is 127 cm³/mol. The number of rotatable bonds is 8. The topological polar surface area (TPSA) is 55.3 Å². The van der Waals surface area contributed by atoms with E-state index in [1.54, 1.807) is 0 Å². The molecule has 1 aromatic rings. The predicted octanol–water partition coefficient (Wildman–Crippen LogP) is 3.70. The molecule has 0 spiro atoms. The maximum Gasteiger partial charge on any atom is 0.194 e. The molecule has 2 fully saturated rings. The molecule has 0 amide bonds. The van der Waals surface area contributed by atoms with E-state index in [4.69, 9.17) is 19.2 Å². The van der Waals surface area contributed by atoms with E-state index in [0.717, 1.165) is 63.8 Å². The number of nitrogens with zero attached hydrogens (tertiary/aromatic N) is 2. The van der Waals surface area contributed by atoms with E-state index < -0.39 is 0 Å². The number of hydrogen-bond acceptors (Lipinski definition) is 4. The second kappa shape index (κ2) is 13.3. The summed E-state index contributed by atoms with van der Waals surface area (Å²) in [4.78, 5) is 7.15. The number of para-hydroxylation sites is 1. The summed E-state index contributed by atoms with van der Waals surface area (Å²) < 4.78 is 17.7. The number of ether oxygens (including phenoxy) is 3. The number of likely N-dealkylation sites (tertiary alicyclic amines) is 1. The summed E-state index contributed by atoms with van der Waals surface area (Å²) in [7, 11) is 0. The SMILES string of the molecule is CCNC(=NCC(C)Oc1ccccc1)N1CCC(OCC2CCCO2)CC1.I. The molecule has 2 aliphatic rings. The molecule has 2 atom stereocenters. The van der Waals surface area contributed by atoms with Crippen molar-refractivity contribution in [2.24, 2.45) is 4.99 Å². The van der Waals surface area contributed by atoms with Gasteiger partial charge in [-0.25, -0.2) is 4.99 Å². The summed E-state index contributed by atoms with van der Waals surface area (Å²) >= 11 is 0. The second-order valence-corrected chi connectivity index (χ2v) is 7.59. The minimum Gasteiger partial charge on any atom is -0.489 e. The molecule has 29 heavy (non-hydrogen) atoms. The first kappa shape index (κ1) is 24.2. The third-order valence-electron chi connectivity index (χ3n) is 5.20. The van der Waals surface area contributed by atoms with Crippen LogP contribution in [0.25, 0.3) is 0 Å². The summed E-state index contributed by atoms with van der Waals surface area (Å²) in [6.07, 6.45) is 5.05. The first-order valence-electron chi connectivity index (χ1n) is 10.7. The van der Waals surface area contributed by atoms with E-state index in [1.165, 1.54) is 6.42 Å². The van der Waals surface area contributed by atoms with Crippen molar-refractivity contribution in [1.82, 2.24) is 10.2 Å². The maximum atomic E-state index is 6.09. The molecule has 2 unspecified atom stereocenters. The fourth-order valence-electron chi connectivity index (χ4n) is 3.66. The number of halogens is 1. The van der Waals surface area contributed by atoms with Crippen molar-refractivity contribution in [3.63, 3.8) is 0 Å². The van der Waals surface area contributed by atoms with Crippen LogP contribution < -0.4 is 10.1 Å². The molecule has 0 aromatic heterocycles. The van der Waals surface area contributed by atoms with Crippen molar-refractivity contribution in [2.75, 3.05) is 39.4 Å². The quantitative estimate of drug-likeness (QED) is 0.324. The van der Waals surface area contributed by atoms with Crippen LogP contribution in [0.4, 0.5) is 0 Å². The van der Waals surface area contributed by atoms with Crippen LogP contribution in [0.2, 0.25) is 0 Å². The Morgan fingerprint density at radius 2 is 2.00 bits per heavy atom. The van der Waals surface area contributed by atoms with Gasteiger partial charge in [0.25, 0.3) is 0 Å². The molecule has 0 aliphatic carbocycles. The van der Waals surface area contributed by atoms with Crippen molar-refractivity contribution < 1.29 is 14.2 Å². The van der Waals surface area contributed by atoms with Gasteiger partial charge in [0.1, 0.15) is 11.9 Å². The second-order valence-electron chi connectivity index (χ2n) is 7.59. The van der Waals surface area contributed by atoms with Crippen molar-refractivity contribution in [3.05, 3.63) is 30.3 Å². The van der Waals surface area contributed by atoms with E-state index in [1.807, 2.05) is 30.3 Å². The highest BCUT2D eigenvalue weighted by Gasteiger charge is 2.24. The number of guanidine groups is 1. The van der Waals surface area contributed by atoms with Crippen molar-refractivity contribution >= 4 is 29.9 Å². The Morgan fingerprint density at radius 1 is 1.24 bits per heavy atom. The van der Waals surface area contributed by atoms with Gasteiger partial charge in [-0.05, 0) is 51.7 Å². The molecule has 1 aromatic carbocycles. The van der Waals surface area contributed by atoms with Crippen LogP contribution >= 0.6 is 24.0 Å². The monoisotopic (exact) mass is 517 g/mol. The Kier molecular flexibility index (Phi) is 11.1.